The Morgan fingerprint density at radius 2 is 2.00 bits per heavy atom. The van der Waals surface area contributed by atoms with Crippen molar-refractivity contribution in [2.75, 3.05) is 31.1 Å². The Balaban J connectivity index is 1.61. The summed E-state index contributed by atoms with van der Waals surface area (Å²) < 4.78 is 5.10. The first-order valence-corrected chi connectivity index (χ1v) is 7.15. The van der Waals surface area contributed by atoms with Crippen LogP contribution in [0.1, 0.15) is 17.0 Å². The highest BCUT2D eigenvalue weighted by Gasteiger charge is 2.19. The van der Waals surface area contributed by atoms with Crippen LogP contribution in [0.2, 0.25) is 0 Å². The molecule has 2 aromatic rings. The molecule has 0 amide bonds. The van der Waals surface area contributed by atoms with Crippen molar-refractivity contribution in [3.8, 4) is 6.07 Å². The maximum absolute atomic E-state index is 9.19. The molecule has 0 bridgehead atoms. The number of para-hydroxylation sites is 1. The highest BCUT2D eigenvalue weighted by Crippen LogP contribution is 2.21. The Morgan fingerprint density at radius 3 is 2.67 bits per heavy atom. The molecule has 108 valence electrons. The van der Waals surface area contributed by atoms with Gasteiger partial charge in [0.2, 0.25) is 0 Å². The average Bonchev–Trinajstić information content (AvgIpc) is 2.93. The highest BCUT2D eigenvalue weighted by atomic mass is 16.5. The summed E-state index contributed by atoms with van der Waals surface area (Å²) in [6, 6.07) is 12.0. The lowest BCUT2D eigenvalue weighted by Gasteiger charge is -2.36. The fourth-order valence-corrected chi connectivity index (χ4v) is 2.71. The number of rotatable bonds is 3. The molecule has 1 aliphatic heterocycles. The third kappa shape index (κ3) is 3.06. The van der Waals surface area contributed by atoms with Crippen LogP contribution in [0.25, 0.3) is 0 Å². The third-order valence-corrected chi connectivity index (χ3v) is 3.80. The van der Waals surface area contributed by atoms with Gasteiger partial charge in [-0.25, -0.2) is 0 Å². The van der Waals surface area contributed by atoms with Gasteiger partial charge in [0.05, 0.1) is 16.9 Å². The van der Waals surface area contributed by atoms with E-state index in [1.807, 2.05) is 37.3 Å². The molecule has 0 spiro atoms. The summed E-state index contributed by atoms with van der Waals surface area (Å²) in [5, 5.41) is 13.2. The fraction of sp³-hybridized carbons (Fsp3) is 0.375. The minimum Gasteiger partial charge on any atom is -0.368 e. The van der Waals surface area contributed by atoms with E-state index < -0.39 is 0 Å². The van der Waals surface area contributed by atoms with Crippen molar-refractivity contribution >= 4 is 5.69 Å². The maximum atomic E-state index is 9.19. The van der Waals surface area contributed by atoms with E-state index in [1.54, 1.807) is 0 Å². The molecular weight excluding hydrogens is 264 g/mol. The molecule has 1 fully saturated rings. The minimum absolute atomic E-state index is 0.748. The van der Waals surface area contributed by atoms with Gasteiger partial charge in [-0.2, -0.15) is 5.26 Å². The number of anilines is 1. The zero-order valence-electron chi connectivity index (χ0n) is 12.1. The van der Waals surface area contributed by atoms with Crippen molar-refractivity contribution < 1.29 is 4.52 Å². The molecule has 5 nitrogen and oxygen atoms in total. The first-order chi connectivity index (χ1) is 10.3. The van der Waals surface area contributed by atoms with E-state index in [0.717, 1.165) is 55.4 Å². The molecule has 2 heterocycles. The number of aromatic nitrogens is 1. The first-order valence-electron chi connectivity index (χ1n) is 7.15. The normalized spacial score (nSPS) is 15.9. The van der Waals surface area contributed by atoms with Crippen LogP contribution in [0.3, 0.4) is 0 Å². The summed E-state index contributed by atoms with van der Waals surface area (Å²) in [5.74, 6) is 0.853. The van der Waals surface area contributed by atoms with Crippen LogP contribution in [0.4, 0.5) is 5.69 Å². The SMILES string of the molecule is Cc1cc(CN2CCN(c3ccccc3C#N)CC2)no1. The predicted octanol–water partition coefficient (Wildman–Crippen LogP) is 2.18. The summed E-state index contributed by atoms with van der Waals surface area (Å²) in [7, 11) is 0. The van der Waals surface area contributed by atoms with Crippen LogP contribution in [0.5, 0.6) is 0 Å². The van der Waals surface area contributed by atoms with Gasteiger partial charge in [0.1, 0.15) is 11.8 Å². The number of hydrogen-bond acceptors (Lipinski definition) is 5. The van der Waals surface area contributed by atoms with Gasteiger partial charge >= 0.3 is 0 Å². The van der Waals surface area contributed by atoms with Crippen LogP contribution in [-0.4, -0.2) is 36.2 Å². The quantitative estimate of drug-likeness (QED) is 0.863. The van der Waals surface area contributed by atoms with Gasteiger partial charge in [0.25, 0.3) is 0 Å². The van der Waals surface area contributed by atoms with Crippen LogP contribution in [0.15, 0.2) is 34.9 Å². The molecule has 0 unspecified atom stereocenters. The summed E-state index contributed by atoms with van der Waals surface area (Å²) in [6.07, 6.45) is 0. The van der Waals surface area contributed by atoms with Crippen LogP contribution in [0, 0.1) is 18.3 Å². The standard InChI is InChI=1S/C16H18N4O/c1-13-10-15(18-21-13)12-19-6-8-20(9-7-19)16-5-3-2-4-14(16)11-17/h2-5,10H,6-9,12H2,1H3. The third-order valence-electron chi connectivity index (χ3n) is 3.80. The van der Waals surface area contributed by atoms with Gasteiger partial charge in [-0.05, 0) is 19.1 Å². The molecule has 0 radical (unpaired) electrons. The summed E-state index contributed by atoms with van der Waals surface area (Å²) >= 11 is 0. The summed E-state index contributed by atoms with van der Waals surface area (Å²) in [4.78, 5) is 4.64. The zero-order valence-corrected chi connectivity index (χ0v) is 12.1. The topological polar surface area (TPSA) is 56.3 Å². The first kappa shape index (κ1) is 13.7. The van der Waals surface area contributed by atoms with E-state index in [2.05, 4.69) is 21.0 Å². The lowest BCUT2D eigenvalue weighted by Crippen LogP contribution is -2.46. The van der Waals surface area contributed by atoms with E-state index in [-0.39, 0.29) is 0 Å². The second-order valence-electron chi connectivity index (χ2n) is 5.32. The molecule has 0 atom stereocenters. The maximum Gasteiger partial charge on any atom is 0.133 e. The smallest absolute Gasteiger partial charge is 0.133 e. The van der Waals surface area contributed by atoms with Crippen molar-refractivity contribution in [2.24, 2.45) is 0 Å². The highest BCUT2D eigenvalue weighted by molar-refractivity contribution is 5.59. The average molecular weight is 282 g/mol. The Labute approximate surface area is 124 Å². The second kappa shape index (κ2) is 5.98. The van der Waals surface area contributed by atoms with Gasteiger partial charge in [0.15, 0.2) is 0 Å². The summed E-state index contributed by atoms with van der Waals surface area (Å²) in [6.45, 7) is 6.51. The largest absolute Gasteiger partial charge is 0.368 e. The molecule has 21 heavy (non-hydrogen) atoms. The van der Waals surface area contributed by atoms with E-state index in [4.69, 9.17) is 4.52 Å². The van der Waals surface area contributed by atoms with Gasteiger partial charge in [-0.15, -0.1) is 0 Å². The van der Waals surface area contributed by atoms with Gasteiger partial charge < -0.3 is 9.42 Å². The number of nitriles is 1. The van der Waals surface area contributed by atoms with E-state index in [9.17, 15) is 5.26 Å². The molecule has 5 heteroatoms. The lowest BCUT2D eigenvalue weighted by atomic mass is 10.1. The van der Waals surface area contributed by atoms with Crippen molar-refractivity contribution in [1.29, 1.82) is 5.26 Å². The van der Waals surface area contributed by atoms with Gasteiger partial charge in [0, 0.05) is 38.8 Å². The zero-order chi connectivity index (χ0) is 14.7. The van der Waals surface area contributed by atoms with E-state index in [1.165, 1.54) is 0 Å². The summed E-state index contributed by atoms with van der Waals surface area (Å²) in [5.41, 5.74) is 2.77. The predicted molar refractivity (Wildman–Crippen MR) is 79.9 cm³/mol. The molecule has 3 rings (SSSR count). The van der Waals surface area contributed by atoms with Crippen molar-refractivity contribution in [2.45, 2.75) is 13.5 Å². The van der Waals surface area contributed by atoms with Crippen molar-refractivity contribution in [3.05, 3.63) is 47.3 Å². The van der Waals surface area contributed by atoms with Crippen LogP contribution >= 0.6 is 0 Å². The minimum atomic E-state index is 0.748. The van der Waals surface area contributed by atoms with Crippen LogP contribution < -0.4 is 4.90 Å². The molecule has 0 N–H and O–H groups in total. The Morgan fingerprint density at radius 1 is 1.24 bits per heavy atom. The monoisotopic (exact) mass is 282 g/mol. The Bertz CT molecular complexity index is 650. The molecule has 1 aromatic carbocycles. The molecular formula is C16H18N4O. The second-order valence-corrected chi connectivity index (χ2v) is 5.32. The molecule has 1 aromatic heterocycles. The number of piperazine rings is 1. The fourth-order valence-electron chi connectivity index (χ4n) is 2.71. The van der Waals surface area contributed by atoms with E-state index >= 15 is 0 Å². The molecule has 1 aliphatic rings. The lowest BCUT2D eigenvalue weighted by molar-refractivity contribution is 0.241. The number of benzene rings is 1. The van der Waals surface area contributed by atoms with Crippen molar-refractivity contribution in [1.82, 2.24) is 10.1 Å². The van der Waals surface area contributed by atoms with Gasteiger partial charge in [-0.3, -0.25) is 4.90 Å². The van der Waals surface area contributed by atoms with Gasteiger partial charge in [-0.1, -0.05) is 17.3 Å². The van der Waals surface area contributed by atoms with Crippen LogP contribution in [-0.2, 0) is 6.54 Å². The Kier molecular flexibility index (Phi) is 3.89. The number of nitrogens with zero attached hydrogens (tertiary/aromatic N) is 4. The number of hydrogen-bond donors (Lipinski definition) is 0. The van der Waals surface area contributed by atoms with Crippen molar-refractivity contribution in [3.63, 3.8) is 0 Å². The molecule has 1 saturated heterocycles. The Hall–Kier alpha value is -2.32. The number of aryl methyl sites for hydroxylation is 1. The molecule has 0 aliphatic carbocycles. The molecule has 0 saturated carbocycles. The van der Waals surface area contributed by atoms with E-state index in [0.29, 0.717) is 0 Å².